The number of nitrogens with one attached hydrogen (secondary N) is 1. The van der Waals surface area contributed by atoms with Gasteiger partial charge in [0, 0.05) is 32.7 Å². The molecule has 0 saturated carbocycles. The molecule has 152 valence electrons. The van der Waals surface area contributed by atoms with E-state index in [1.54, 1.807) is 23.1 Å². The van der Waals surface area contributed by atoms with Crippen molar-refractivity contribution in [1.29, 1.82) is 5.26 Å². The van der Waals surface area contributed by atoms with Crippen molar-refractivity contribution < 1.29 is 19.1 Å². The van der Waals surface area contributed by atoms with Crippen molar-refractivity contribution >= 4 is 17.7 Å². The van der Waals surface area contributed by atoms with Crippen molar-refractivity contribution in [3.8, 4) is 11.8 Å². The van der Waals surface area contributed by atoms with Gasteiger partial charge in [0.05, 0.1) is 11.8 Å². The minimum absolute atomic E-state index is 0.198. The Bertz CT molecular complexity index is 716. The quantitative estimate of drug-likeness (QED) is 0.804. The molecule has 0 spiro atoms. The molecule has 1 saturated heterocycles. The van der Waals surface area contributed by atoms with Crippen LogP contribution in [0.4, 0.5) is 10.5 Å². The van der Waals surface area contributed by atoms with Crippen molar-refractivity contribution in [3.63, 3.8) is 0 Å². The predicted octanol–water partition coefficient (Wildman–Crippen LogP) is 2.47. The highest BCUT2D eigenvalue weighted by atomic mass is 16.6. The summed E-state index contributed by atoms with van der Waals surface area (Å²) in [4.78, 5) is 27.7. The third-order valence-corrected chi connectivity index (χ3v) is 4.09. The second-order valence-electron chi connectivity index (χ2n) is 7.54. The molecule has 0 radical (unpaired) electrons. The van der Waals surface area contributed by atoms with E-state index >= 15 is 0 Å². The number of ether oxygens (including phenoxy) is 2. The van der Waals surface area contributed by atoms with E-state index < -0.39 is 5.60 Å². The number of benzene rings is 1. The number of carbonyl (C=O) groups excluding carboxylic acids is 2. The molecule has 8 nitrogen and oxygen atoms in total. The molecular formula is C20H28N4O4. The second-order valence-corrected chi connectivity index (χ2v) is 7.54. The Kier molecular flexibility index (Phi) is 7.64. The Morgan fingerprint density at radius 1 is 1.18 bits per heavy atom. The summed E-state index contributed by atoms with van der Waals surface area (Å²) in [7, 11) is 0. The number of nitrogens with zero attached hydrogens (tertiary/aromatic N) is 3. The van der Waals surface area contributed by atoms with Crippen LogP contribution in [-0.2, 0) is 9.53 Å². The van der Waals surface area contributed by atoms with E-state index in [0.29, 0.717) is 37.7 Å². The lowest BCUT2D eigenvalue weighted by molar-refractivity contribution is -0.115. The van der Waals surface area contributed by atoms with Gasteiger partial charge >= 0.3 is 6.09 Å². The molecule has 1 aliphatic heterocycles. The standard InChI is InChI=1S/C20H28N4O4/c1-20(2,3)28-19(26)24-12-10-23(11-13-24)14-15-27-17-7-5-4-6-16(17)22-18(25)8-9-21/h4-7H,8,10-15H2,1-3H3,(H,22,25). The van der Waals surface area contributed by atoms with Crippen LogP contribution in [0, 0.1) is 11.3 Å². The molecule has 1 heterocycles. The van der Waals surface area contributed by atoms with Crippen molar-refractivity contribution in [2.75, 3.05) is 44.6 Å². The first-order valence-electron chi connectivity index (χ1n) is 9.37. The average molecular weight is 388 g/mol. The van der Waals surface area contributed by atoms with Gasteiger partial charge in [0.25, 0.3) is 0 Å². The van der Waals surface area contributed by atoms with Gasteiger partial charge in [-0.15, -0.1) is 0 Å². The summed E-state index contributed by atoms with van der Waals surface area (Å²) in [5.41, 5.74) is 0.0652. The Labute approximate surface area is 166 Å². The largest absolute Gasteiger partial charge is 0.490 e. The van der Waals surface area contributed by atoms with E-state index in [0.717, 1.165) is 13.1 Å². The monoisotopic (exact) mass is 388 g/mol. The van der Waals surface area contributed by atoms with Crippen molar-refractivity contribution in [2.45, 2.75) is 32.8 Å². The fourth-order valence-electron chi connectivity index (χ4n) is 2.73. The molecule has 8 heteroatoms. The minimum Gasteiger partial charge on any atom is -0.490 e. The zero-order chi connectivity index (χ0) is 20.6. The lowest BCUT2D eigenvalue weighted by atomic mass is 10.2. The van der Waals surface area contributed by atoms with Crippen LogP contribution in [0.1, 0.15) is 27.2 Å². The lowest BCUT2D eigenvalue weighted by Gasteiger charge is -2.35. The van der Waals surface area contributed by atoms with Crippen LogP contribution in [0.3, 0.4) is 0 Å². The second kappa shape index (κ2) is 9.95. The van der Waals surface area contributed by atoms with Gasteiger partial charge in [-0.05, 0) is 32.9 Å². The summed E-state index contributed by atoms with van der Waals surface area (Å²) in [5.74, 6) is 0.206. The maximum atomic E-state index is 12.1. The van der Waals surface area contributed by atoms with E-state index in [4.69, 9.17) is 14.7 Å². The first-order chi connectivity index (χ1) is 13.3. The molecule has 1 fully saturated rings. The summed E-state index contributed by atoms with van der Waals surface area (Å²) >= 11 is 0. The number of hydrogen-bond acceptors (Lipinski definition) is 6. The zero-order valence-corrected chi connectivity index (χ0v) is 16.7. The fourth-order valence-corrected chi connectivity index (χ4v) is 2.73. The molecular weight excluding hydrogens is 360 g/mol. The van der Waals surface area contributed by atoms with Gasteiger partial charge in [-0.1, -0.05) is 12.1 Å². The summed E-state index contributed by atoms with van der Waals surface area (Å²) < 4.78 is 11.2. The Hall–Kier alpha value is -2.79. The number of hydrogen-bond donors (Lipinski definition) is 1. The van der Waals surface area contributed by atoms with E-state index in [9.17, 15) is 9.59 Å². The number of carbonyl (C=O) groups is 2. The van der Waals surface area contributed by atoms with Gasteiger partial charge in [-0.25, -0.2) is 4.79 Å². The third kappa shape index (κ3) is 7.08. The predicted molar refractivity (Wildman–Crippen MR) is 105 cm³/mol. The summed E-state index contributed by atoms with van der Waals surface area (Å²) in [6, 6.07) is 8.97. The zero-order valence-electron chi connectivity index (χ0n) is 16.7. The number of anilines is 1. The highest BCUT2D eigenvalue weighted by molar-refractivity contribution is 5.93. The number of rotatable bonds is 6. The van der Waals surface area contributed by atoms with Gasteiger partial charge in [0.15, 0.2) is 0 Å². The highest BCUT2D eigenvalue weighted by Gasteiger charge is 2.25. The molecule has 0 aromatic heterocycles. The van der Waals surface area contributed by atoms with Crippen LogP contribution in [0.25, 0.3) is 0 Å². The summed E-state index contributed by atoms with van der Waals surface area (Å²) in [6.45, 7) is 9.50. The minimum atomic E-state index is -0.488. The number of piperazine rings is 1. The van der Waals surface area contributed by atoms with Crippen LogP contribution in [-0.4, -0.2) is 66.7 Å². The molecule has 1 aliphatic rings. The third-order valence-electron chi connectivity index (χ3n) is 4.09. The molecule has 0 unspecified atom stereocenters. The van der Waals surface area contributed by atoms with Crippen LogP contribution in [0.2, 0.25) is 0 Å². The molecule has 2 rings (SSSR count). The van der Waals surface area contributed by atoms with E-state index in [2.05, 4.69) is 10.2 Å². The molecule has 1 N–H and O–H groups in total. The van der Waals surface area contributed by atoms with Gasteiger partial charge in [0.2, 0.25) is 5.91 Å². The number of amides is 2. The first kappa shape index (κ1) is 21.5. The van der Waals surface area contributed by atoms with Gasteiger partial charge in [-0.2, -0.15) is 5.26 Å². The van der Waals surface area contributed by atoms with Crippen LogP contribution >= 0.6 is 0 Å². The number of nitriles is 1. The molecule has 1 aromatic carbocycles. The van der Waals surface area contributed by atoms with E-state index in [1.807, 2.05) is 32.9 Å². The summed E-state index contributed by atoms with van der Waals surface area (Å²) in [5, 5.41) is 11.3. The van der Waals surface area contributed by atoms with Crippen molar-refractivity contribution in [2.24, 2.45) is 0 Å². The van der Waals surface area contributed by atoms with Crippen LogP contribution < -0.4 is 10.1 Å². The smallest absolute Gasteiger partial charge is 0.410 e. The maximum absolute atomic E-state index is 12.1. The van der Waals surface area contributed by atoms with E-state index in [1.165, 1.54) is 0 Å². The molecule has 0 bridgehead atoms. The normalized spacial score (nSPS) is 14.9. The van der Waals surface area contributed by atoms with Gasteiger partial charge < -0.3 is 19.7 Å². The maximum Gasteiger partial charge on any atom is 0.410 e. The molecule has 1 aromatic rings. The van der Waals surface area contributed by atoms with Gasteiger partial charge in [0.1, 0.15) is 24.4 Å². The highest BCUT2D eigenvalue weighted by Crippen LogP contribution is 2.24. The molecule has 28 heavy (non-hydrogen) atoms. The topological polar surface area (TPSA) is 94.9 Å². The van der Waals surface area contributed by atoms with Crippen molar-refractivity contribution in [1.82, 2.24) is 9.80 Å². The molecule has 0 aliphatic carbocycles. The van der Waals surface area contributed by atoms with Crippen LogP contribution in [0.15, 0.2) is 24.3 Å². The van der Waals surface area contributed by atoms with Crippen molar-refractivity contribution in [3.05, 3.63) is 24.3 Å². The number of para-hydroxylation sites is 2. The lowest BCUT2D eigenvalue weighted by Crippen LogP contribution is -2.50. The Balaban J connectivity index is 1.76. The average Bonchev–Trinajstić information content (AvgIpc) is 2.62. The fraction of sp³-hybridized carbons (Fsp3) is 0.550. The van der Waals surface area contributed by atoms with Gasteiger partial charge in [-0.3, -0.25) is 9.69 Å². The Morgan fingerprint density at radius 2 is 1.86 bits per heavy atom. The SMILES string of the molecule is CC(C)(C)OC(=O)N1CCN(CCOc2ccccc2NC(=O)CC#N)CC1. The van der Waals surface area contributed by atoms with Crippen LogP contribution in [0.5, 0.6) is 5.75 Å². The Morgan fingerprint density at radius 3 is 2.50 bits per heavy atom. The van der Waals surface area contributed by atoms with E-state index in [-0.39, 0.29) is 18.4 Å². The summed E-state index contributed by atoms with van der Waals surface area (Å²) in [6.07, 6.45) is -0.471. The first-order valence-corrected chi connectivity index (χ1v) is 9.37. The molecule has 0 atom stereocenters. The molecule has 2 amide bonds.